The molecular formula is C26H22FNO4. The third kappa shape index (κ3) is 3.74. The van der Waals surface area contributed by atoms with Crippen LogP contribution in [0.2, 0.25) is 0 Å². The maximum absolute atomic E-state index is 13.3. The number of hydrogen-bond donors (Lipinski definition) is 0. The number of para-hydroxylation sites is 1. The van der Waals surface area contributed by atoms with E-state index in [-0.39, 0.29) is 11.2 Å². The van der Waals surface area contributed by atoms with Crippen molar-refractivity contribution in [2.45, 2.75) is 13.0 Å². The van der Waals surface area contributed by atoms with E-state index in [1.807, 2.05) is 30.3 Å². The van der Waals surface area contributed by atoms with Gasteiger partial charge in [0.25, 0.3) is 0 Å². The Balaban J connectivity index is 1.45. The quantitative estimate of drug-likeness (QED) is 0.445. The van der Waals surface area contributed by atoms with E-state index < -0.39 is 0 Å². The molecule has 0 fully saturated rings. The number of benzene rings is 3. The fourth-order valence-electron chi connectivity index (χ4n) is 4.09. The van der Waals surface area contributed by atoms with Gasteiger partial charge in [0.1, 0.15) is 35.9 Å². The highest BCUT2D eigenvalue weighted by atomic mass is 19.1. The van der Waals surface area contributed by atoms with E-state index in [0.717, 1.165) is 29.8 Å². The molecule has 32 heavy (non-hydrogen) atoms. The molecule has 0 unspecified atom stereocenters. The van der Waals surface area contributed by atoms with E-state index >= 15 is 0 Å². The van der Waals surface area contributed by atoms with Crippen LogP contribution in [0.4, 0.5) is 4.39 Å². The first-order chi connectivity index (χ1) is 15.6. The molecule has 5 rings (SSSR count). The van der Waals surface area contributed by atoms with Gasteiger partial charge in [-0.2, -0.15) is 0 Å². The summed E-state index contributed by atoms with van der Waals surface area (Å²) in [5, 5.41) is 0.510. The Kier molecular flexibility index (Phi) is 5.37. The molecule has 0 saturated heterocycles. The van der Waals surface area contributed by atoms with Crippen molar-refractivity contribution in [3.63, 3.8) is 0 Å². The van der Waals surface area contributed by atoms with Gasteiger partial charge in [0.15, 0.2) is 0 Å². The van der Waals surface area contributed by atoms with Crippen LogP contribution < -0.4 is 14.9 Å². The summed E-state index contributed by atoms with van der Waals surface area (Å²) in [7, 11) is 1.58. The Hall–Kier alpha value is -3.64. The van der Waals surface area contributed by atoms with Crippen molar-refractivity contribution in [2.75, 3.05) is 20.4 Å². The van der Waals surface area contributed by atoms with Crippen LogP contribution in [0.1, 0.15) is 11.1 Å². The lowest BCUT2D eigenvalue weighted by molar-refractivity contribution is 0.0968. The number of nitrogens with zero attached hydrogens (tertiary/aromatic N) is 1. The minimum absolute atomic E-state index is 0.109. The van der Waals surface area contributed by atoms with Crippen LogP contribution in [0.3, 0.4) is 0 Å². The maximum Gasteiger partial charge on any atom is 0.200 e. The lowest BCUT2D eigenvalue weighted by Gasteiger charge is -2.29. The van der Waals surface area contributed by atoms with Gasteiger partial charge in [-0.3, -0.25) is 9.69 Å². The predicted octanol–water partition coefficient (Wildman–Crippen LogP) is 5.00. The Morgan fingerprint density at radius 3 is 2.66 bits per heavy atom. The van der Waals surface area contributed by atoms with Crippen molar-refractivity contribution in [3.05, 3.63) is 94.1 Å². The van der Waals surface area contributed by atoms with Gasteiger partial charge in [-0.25, -0.2) is 4.39 Å². The molecular weight excluding hydrogens is 409 g/mol. The topological polar surface area (TPSA) is 51.9 Å². The van der Waals surface area contributed by atoms with E-state index in [4.69, 9.17) is 13.9 Å². The summed E-state index contributed by atoms with van der Waals surface area (Å²) in [6.07, 6.45) is 2.27. The second kappa shape index (κ2) is 8.48. The van der Waals surface area contributed by atoms with Crippen LogP contribution in [0.25, 0.3) is 22.1 Å². The Morgan fingerprint density at radius 2 is 1.84 bits per heavy atom. The van der Waals surface area contributed by atoms with Crippen LogP contribution in [0, 0.1) is 5.82 Å². The monoisotopic (exact) mass is 431 g/mol. The zero-order chi connectivity index (χ0) is 22.1. The average molecular weight is 431 g/mol. The molecule has 0 aliphatic carbocycles. The highest BCUT2D eigenvalue weighted by Crippen LogP contribution is 2.34. The van der Waals surface area contributed by atoms with Gasteiger partial charge in [-0.1, -0.05) is 30.3 Å². The Labute approximate surface area is 184 Å². The Bertz CT molecular complexity index is 1330. The molecule has 5 nitrogen and oxygen atoms in total. The van der Waals surface area contributed by atoms with Crippen LogP contribution in [0.5, 0.6) is 11.5 Å². The molecule has 1 aliphatic heterocycles. The second-order valence-corrected chi connectivity index (χ2v) is 7.80. The molecule has 0 atom stereocenters. The third-order valence-electron chi connectivity index (χ3n) is 5.81. The van der Waals surface area contributed by atoms with Crippen LogP contribution in [0.15, 0.2) is 76.1 Å². The highest BCUT2D eigenvalue weighted by Gasteiger charge is 2.23. The van der Waals surface area contributed by atoms with Crippen LogP contribution >= 0.6 is 0 Å². The first-order valence-electron chi connectivity index (χ1n) is 10.4. The highest BCUT2D eigenvalue weighted by molar-refractivity contribution is 5.86. The SMILES string of the molecule is COc1ccccc1-c1coc2c3c(ccc2c1=O)OCN(CCc1ccc(F)cc1)C3. The smallest absolute Gasteiger partial charge is 0.200 e. The molecule has 6 heteroatoms. The van der Waals surface area contributed by atoms with Gasteiger partial charge < -0.3 is 13.9 Å². The molecule has 2 heterocycles. The van der Waals surface area contributed by atoms with E-state index in [9.17, 15) is 9.18 Å². The van der Waals surface area contributed by atoms with E-state index in [1.165, 1.54) is 18.4 Å². The van der Waals surface area contributed by atoms with Gasteiger partial charge in [-0.15, -0.1) is 0 Å². The minimum atomic E-state index is -0.238. The van der Waals surface area contributed by atoms with Crippen molar-refractivity contribution >= 4 is 11.0 Å². The van der Waals surface area contributed by atoms with E-state index in [0.29, 0.717) is 41.1 Å². The maximum atomic E-state index is 13.3. The zero-order valence-electron chi connectivity index (χ0n) is 17.6. The fourth-order valence-corrected chi connectivity index (χ4v) is 4.09. The molecule has 1 aromatic heterocycles. The first-order valence-corrected chi connectivity index (χ1v) is 10.4. The molecule has 162 valence electrons. The normalized spacial score (nSPS) is 13.6. The second-order valence-electron chi connectivity index (χ2n) is 7.80. The number of methoxy groups -OCH3 is 1. The molecule has 0 spiro atoms. The molecule has 0 N–H and O–H groups in total. The van der Waals surface area contributed by atoms with Crippen molar-refractivity contribution in [3.8, 4) is 22.6 Å². The summed E-state index contributed by atoms with van der Waals surface area (Å²) in [5.41, 5.74) is 3.50. The number of halogens is 1. The fraction of sp³-hybridized carbons (Fsp3) is 0.192. The summed E-state index contributed by atoms with van der Waals surface area (Å²) >= 11 is 0. The lowest BCUT2D eigenvalue weighted by Crippen LogP contribution is -2.33. The van der Waals surface area contributed by atoms with Crippen LogP contribution in [-0.4, -0.2) is 25.3 Å². The largest absolute Gasteiger partial charge is 0.496 e. The lowest BCUT2D eigenvalue weighted by atomic mass is 10.0. The van der Waals surface area contributed by atoms with Crippen molar-refractivity contribution in [1.82, 2.24) is 4.90 Å². The third-order valence-corrected chi connectivity index (χ3v) is 5.81. The standard InChI is InChI=1S/C26H22FNO4/c1-30-23-5-3-2-4-19(23)22-15-31-26-20(25(22)29)10-11-24-21(26)14-28(16-32-24)13-12-17-6-8-18(27)9-7-17/h2-11,15H,12-14,16H2,1H3. The van der Waals surface area contributed by atoms with Gasteiger partial charge in [0.2, 0.25) is 5.43 Å². The summed E-state index contributed by atoms with van der Waals surface area (Å²) in [5.74, 6) is 1.11. The molecule has 0 saturated carbocycles. The molecule has 3 aromatic carbocycles. The van der Waals surface area contributed by atoms with E-state index in [1.54, 1.807) is 25.3 Å². The van der Waals surface area contributed by atoms with Gasteiger partial charge in [0.05, 0.1) is 23.6 Å². The summed E-state index contributed by atoms with van der Waals surface area (Å²) in [6.45, 7) is 1.79. The number of fused-ring (bicyclic) bond motifs is 3. The Morgan fingerprint density at radius 1 is 1.03 bits per heavy atom. The molecule has 0 amide bonds. The van der Waals surface area contributed by atoms with Gasteiger partial charge in [-0.05, 0) is 42.3 Å². The molecule has 0 bridgehead atoms. The summed E-state index contributed by atoms with van der Waals surface area (Å²) < 4.78 is 30.5. The molecule has 1 aliphatic rings. The van der Waals surface area contributed by atoms with Crippen molar-refractivity contribution in [1.29, 1.82) is 0 Å². The zero-order valence-corrected chi connectivity index (χ0v) is 17.6. The molecule has 4 aromatic rings. The van der Waals surface area contributed by atoms with Gasteiger partial charge >= 0.3 is 0 Å². The molecule has 0 radical (unpaired) electrons. The minimum Gasteiger partial charge on any atom is -0.496 e. The number of rotatable bonds is 5. The van der Waals surface area contributed by atoms with E-state index in [2.05, 4.69) is 4.90 Å². The predicted molar refractivity (Wildman–Crippen MR) is 120 cm³/mol. The average Bonchev–Trinajstić information content (AvgIpc) is 2.83. The van der Waals surface area contributed by atoms with Crippen molar-refractivity contribution in [2.24, 2.45) is 0 Å². The van der Waals surface area contributed by atoms with Crippen molar-refractivity contribution < 1.29 is 18.3 Å². The first kappa shape index (κ1) is 20.3. The van der Waals surface area contributed by atoms with Gasteiger partial charge in [0, 0.05) is 18.7 Å². The van der Waals surface area contributed by atoms with Crippen LogP contribution in [-0.2, 0) is 13.0 Å². The number of ether oxygens (including phenoxy) is 2. The summed E-state index contributed by atoms with van der Waals surface area (Å²) in [6, 6.07) is 17.5. The number of hydrogen-bond acceptors (Lipinski definition) is 5. The summed E-state index contributed by atoms with van der Waals surface area (Å²) in [4.78, 5) is 15.4.